The van der Waals surface area contributed by atoms with E-state index in [0.717, 1.165) is 5.56 Å². The summed E-state index contributed by atoms with van der Waals surface area (Å²) in [7, 11) is 0. The molecule has 0 aliphatic carbocycles. The number of rotatable bonds is 3. The zero-order valence-electron chi connectivity index (χ0n) is 14.2. The Bertz CT molecular complexity index is 631. The minimum absolute atomic E-state index is 0.0156. The molecule has 128 valence electrons. The average Bonchev–Trinajstić information content (AvgIpc) is 2.61. The largest absolute Gasteiger partial charge is 0.481 e. The normalized spacial score (nSPS) is 16.5. The number of benzene rings is 1. The summed E-state index contributed by atoms with van der Waals surface area (Å²) in [6.45, 7) is 6.33. The Hall–Kier alpha value is -2.20. The quantitative estimate of drug-likeness (QED) is 0.476. The van der Waals surface area contributed by atoms with Crippen molar-refractivity contribution in [3.63, 3.8) is 0 Å². The van der Waals surface area contributed by atoms with Crippen molar-refractivity contribution in [1.82, 2.24) is 9.80 Å². The number of amides is 1. The van der Waals surface area contributed by atoms with E-state index in [1.54, 1.807) is 11.8 Å². The van der Waals surface area contributed by atoms with E-state index in [4.69, 9.17) is 10.00 Å². The van der Waals surface area contributed by atoms with Gasteiger partial charge in [0.15, 0.2) is 11.3 Å². The van der Waals surface area contributed by atoms with Gasteiger partial charge in [-0.15, -0.1) is 4.99 Å². The van der Waals surface area contributed by atoms with Crippen molar-refractivity contribution in [2.24, 2.45) is 4.99 Å². The van der Waals surface area contributed by atoms with Gasteiger partial charge in [0.05, 0.1) is 0 Å². The summed E-state index contributed by atoms with van der Waals surface area (Å²) in [6, 6.07) is 7.67. The maximum Gasteiger partial charge on any atom is 0.263 e. The molecule has 24 heavy (non-hydrogen) atoms. The van der Waals surface area contributed by atoms with Crippen molar-refractivity contribution in [1.29, 1.82) is 5.26 Å². The van der Waals surface area contributed by atoms with E-state index in [-0.39, 0.29) is 5.91 Å². The second-order valence-electron chi connectivity index (χ2n) is 5.58. The fraction of sp³-hybridized carbons (Fsp3) is 0.471. The number of amidine groups is 1. The minimum Gasteiger partial charge on any atom is -0.481 e. The molecule has 0 saturated carbocycles. The van der Waals surface area contributed by atoms with Crippen LogP contribution in [0.15, 0.2) is 29.3 Å². The van der Waals surface area contributed by atoms with Crippen LogP contribution in [0.25, 0.3) is 0 Å². The van der Waals surface area contributed by atoms with Crippen LogP contribution in [0.5, 0.6) is 5.75 Å². The first-order chi connectivity index (χ1) is 11.5. The van der Waals surface area contributed by atoms with Crippen LogP contribution in [-0.4, -0.2) is 59.4 Å². The topological polar surface area (TPSA) is 68.9 Å². The second-order valence-corrected chi connectivity index (χ2v) is 6.36. The molecule has 1 amide bonds. The van der Waals surface area contributed by atoms with Crippen LogP contribution in [0.4, 0.5) is 0 Å². The summed E-state index contributed by atoms with van der Waals surface area (Å²) < 4.78 is 5.74. The molecule has 1 unspecified atom stereocenters. The van der Waals surface area contributed by atoms with Gasteiger partial charge in [0.2, 0.25) is 6.19 Å². The third-order valence-corrected chi connectivity index (χ3v) is 4.59. The molecule has 6 nitrogen and oxygen atoms in total. The number of ether oxygens (including phenoxy) is 1. The molecule has 1 atom stereocenters. The first-order valence-electron chi connectivity index (χ1n) is 7.83. The van der Waals surface area contributed by atoms with Crippen LogP contribution < -0.4 is 4.74 Å². The minimum atomic E-state index is -0.521. The number of carbonyl (C=O) groups excluding carboxylic acids is 1. The standard InChI is InChI=1S/C17H22N4O2S/c1-13-4-6-15(7-5-13)23-14(2)16(22)20-8-10-21(11-9-20)17(24-3)19-12-18/h4-7,14H,8-11H2,1-3H3/b19-17-. The molecule has 1 aromatic rings. The third-order valence-electron chi connectivity index (χ3n) is 3.87. The van der Waals surface area contributed by atoms with E-state index < -0.39 is 6.10 Å². The Balaban J connectivity index is 1.89. The summed E-state index contributed by atoms with van der Waals surface area (Å²) in [5.74, 6) is 0.684. The van der Waals surface area contributed by atoms with Crippen molar-refractivity contribution in [3.8, 4) is 11.9 Å². The van der Waals surface area contributed by atoms with Gasteiger partial charge in [-0.05, 0) is 32.2 Å². The van der Waals surface area contributed by atoms with Crippen molar-refractivity contribution in [3.05, 3.63) is 29.8 Å². The predicted octanol–water partition coefficient (Wildman–Crippen LogP) is 2.11. The smallest absolute Gasteiger partial charge is 0.263 e. The lowest BCUT2D eigenvalue weighted by Crippen LogP contribution is -2.52. The fourth-order valence-corrected chi connectivity index (χ4v) is 3.11. The van der Waals surface area contributed by atoms with Gasteiger partial charge >= 0.3 is 0 Å². The number of hydrogen-bond donors (Lipinski definition) is 0. The highest BCUT2D eigenvalue weighted by Gasteiger charge is 2.27. The molecule has 1 fully saturated rings. The summed E-state index contributed by atoms with van der Waals surface area (Å²) in [6.07, 6.45) is 3.20. The lowest BCUT2D eigenvalue weighted by molar-refractivity contribution is -0.139. The number of piperazine rings is 1. The van der Waals surface area contributed by atoms with Gasteiger partial charge in [0.25, 0.3) is 5.91 Å². The van der Waals surface area contributed by atoms with Gasteiger partial charge in [-0.3, -0.25) is 4.79 Å². The van der Waals surface area contributed by atoms with Gasteiger partial charge in [0.1, 0.15) is 5.75 Å². The molecular weight excluding hydrogens is 324 g/mol. The molecule has 0 spiro atoms. The SMILES string of the molecule is CS/C(=N\C#N)N1CCN(C(=O)C(C)Oc2ccc(C)cc2)CC1. The highest BCUT2D eigenvalue weighted by atomic mass is 32.2. The number of carbonyl (C=O) groups is 1. The third kappa shape index (κ3) is 4.65. The molecule has 2 rings (SSSR count). The summed E-state index contributed by atoms with van der Waals surface area (Å²) in [5.41, 5.74) is 1.15. The molecule has 0 bridgehead atoms. The Kier molecular flexibility index (Phi) is 6.50. The summed E-state index contributed by atoms with van der Waals surface area (Å²) in [4.78, 5) is 20.2. The van der Waals surface area contributed by atoms with Crippen LogP contribution in [0.3, 0.4) is 0 Å². The molecule has 0 aromatic heterocycles. The number of nitriles is 1. The number of nitrogens with zero attached hydrogens (tertiary/aromatic N) is 4. The number of aliphatic imine (C=N–C) groups is 1. The predicted molar refractivity (Wildman–Crippen MR) is 96.0 cm³/mol. The van der Waals surface area contributed by atoms with Crippen LogP contribution in [0, 0.1) is 18.4 Å². The van der Waals surface area contributed by atoms with Crippen molar-refractivity contribution in [2.75, 3.05) is 32.4 Å². The van der Waals surface area contributed by atoms with E-state index in [1.807, 2.05) is 48.5 Å². The molecule has 1 saturated heterocycles. The maximum absolute atomic E-state index is 12.5. The molecule has 7 heteroatoms. The van der Waals surface area contributed by atoms with Gasteiger partial charge < -0.3 is 14.5 Å². The Morgan fingerprint density at radius 3 is 2.38 bits per heavy atom. The lowest BCUT2D eigenvalue weighted by Gasteiger charge is -2.36. The Labute approximate surface area is 147 Å². The molecular formula is C17H22N4O2S. The van der Waals surface area contributed by atoms with E-state index in [1.165, 1.54) is 11.8 Å². The maximum atomic E-state index is 12.5. The van der Waals surface area contributed by atoms with Gasteiger partial charge in [-0.2, -0.15) is 5.26 Å². The van der Waals surface area contributed by atoms with E-state index in [0.29, 0.717) is 37.1 Å². The molecule has 1 aliphatic rings. The van der Waals surface area contributed by atoms with E-state index >= 15 is 0 Å². The summed E-state index contributed by atoms with van der Waals surface area (Å²) >= 11 is 1.45. The average molecular weight is 346 g/mol. The first kappa shape index (κ1) is 18.1. The van der Waals surface area contributed by atoms with E-state index in [2.05, 4.69) is 4.99 Å². The molecule has 1 aliphatic heterocycles. The van der Waals surface area contributed by atoms with Crippen LogP contribution in [-0.2, 0) is 4.79 Å². The van der Waals surface area contributed by atoms with E-state index in [9.17, 15) is 4.79 Å². The fourth-order valence-electron chi connectivity index (χ4n) is 2.53. The molecule has 0 radical (unpaired) electrons. The zero-order valence-corrected chi connectivity index (χ0v) is 15.0. The monoisotopic (exact) mass is 346 g/mol. The second kappa shape index (κ2) is 8.60. The van der Waals surface area contributed by atoms with Crippen LogP contribution in [0.2, 0.25) is 0 Å². The lowest BCUT2D eigenvalue weighted by atomic mass is 10.2. The number of thioether (sulfide) groups is 1. The van der Waals surface area contributed by atoms with Gasteiger partial charge in [0, 0.05) is 26.2 Å². The first-order valence-corrected chi connectivity index (χ1v) is 9.05. The van der Waals surface area contributed by atoms with Crippen LogP contribution >= 0.6 is 11.8 Å². The van der Waals surface area contributed by atoms with Gasteiger partial charge in [-0.25, -0.2) is 0 Å². The van der Waals surface area contributed by atoms with Crippen molar-refractivity contribution >= 4 is 22.8 Å². The molecule has 0 N–H and O–H groups in total. The zero-order chi connectivity index (χ0) is 17.5. The van der Waals surface area contributed by atoms with Crippen molar-refractivity contribution < 1.29 is 9.53 Å². The highest BCUT2D eigenvalue weighted by Crippen LogP contribution is 2.16. The Morgan fingerprint density at radius 2 is 1.83 bits per heavy atom. The van der Waals surface area contributed by atoms with Crippen molar-refractivity contribution in [2.45, 2.75) is 20.0 Å². The Morgan fingerprint density at radius 1 is 1.25 bits per heavy atom. The number of aryl methyl sites for hydroxylation is 1. The highest BCUT2D eigenvalue weighted by molar-refractivity contribution is 8.13. The number of hydrogen-bond acceptors (Lipinski definition) is 5. The molecule has 1 aromatic carbocycles. The van der Waals surface area contributed by atoms with Gasteiger partial charge in [-0.1, -0.05) is 29.5 Å². The molecule has 1 heterocycles. The van der Waals surface area contributed by atoms with Crippen LogP contribution in [0.1, 0.15) is 12.5 Å². The summed E-state index contributed by atoms with van der Waals surface area (Å²) in [5, 5.41) is 9.41.